The molecule has 0 saturated heterocycles. The summed E-state index contributed by atoms with van der Waals surface area (Å²) >= 11 is 0. The van der Waals surface area contributed by atoms with Crippen molar-refractivity contribution in [3.8, 4) is 11.3 Å². The van der Waals surface area contributed by atoms with E-state index in [1.54, 1.807) is 6.26 Å². The van der Waals surface area contributed by atoms with Gasteiger partial charge in [0.25, 0.3) is 0 Å². The third-order valence-corrected chi connectivity index (χ3v) is 3.50. The highest BCUT2D eigenvalue weighted by Gasteiger charge is 2.22. The molecule has 0 bridgehead atoms. The zero-order valence-corrected chi connectivity index (χ0v) is 10.4. The zero-order valence-electron chi connectivity index (χ0n) is 10.4. The molecule has 0 unspecified atom stereocenters. The fraction of sp³-hybridized carbons (Fsp3) is 0.267. The molecule has 1 fully saturated rings. The minimum Gasteiger partial charge on any atom is -0.464 e. The average molecular weight is 254 g/mol. The maximum Gasteiger partial charge on any atom is 0.181 e. The van der Waals surface area contributed by atoms with Gasteiger partial charge in [-0.05, 0) is 18.9 Å². The number of para-hydroxylation sites is 1. The summed E-state index contributed by atoms with van der Waals surface area (Å²) in [5, 5.41) is 4.52. The topological polar surface area (TPSA) is 51.2 Å². The van der Waals surface area contributed by atoms with E-state index in [1.807, 2.05) is 24.3 Å². The summed E-state index contributed by atoms with van der Waals surface area (Å²) < 4.78 is 11.1. The van der Waals surface area contributed by atoms with Crippen molar-refractivity contribution in [3.05, 3.63) is 42.6 Å². The molecule has 0 atom stereocenters. The molecule has 0 amide bonds. The van der Waals surface area contributed by atoms with Crippen LogP contribution < -0.4 is 5.32 Å². The van der Waals surface area contributed by atoms with Crippen LogP contribution in [0.25, 0.3) is 22.3 Å². The van der Waals surface area contributed by atoms with Gasteiger partial charge in [0.2, 0.25) is 0 Å². The Morgan fingerprint density at radius 2 is 2.11 bits per heavy atom. The van der Waals surface area contributed by atoms with E-state index >= 15 is 0 Å². The van der Waals surface area contributed by atoms with Gasteiger partial charge in [-0.3, -0.25) is 0 Å². The molecule has 2 heterocycles. The summed E-state index contributed by atoms with van der Waals surface area (Å²) in [7, 11) is 0. The first kappa shape index (κ1) is 10.8. The van der Waals surface area contributed by atoms with Gasteiger partial charge in [0, 0.05) is 18.0 Å². The molecule has 3 aromatic rings. The van der Waals surface area contributed by atoms with E-state index in [0.717, 1.165) is 34.5 Å². The second-order valence-corrected chi connectivity index (χ2v) is 4.93. The van der Waals surface area contributed by atoms with Crippen LogP contribution in [-0.2, 0) is 6.54 Å². The average Bonchev–Trinajstić information content (AvgIpc) is 3.00. The van der Waals surface area contributed by atoms with Gasteiger partial charge < -0.3 is 14.2 Å². The van der Waals surface area contributed by atoms with E-state index in [2.05, 4.69) is 10.3 Å². The molecule has 0 spiro atoms. The van der Waals surface area contributed by atoms with Crippen LogP contribution in [-0.4, -0.2) is 11.0 Å². The van der Waals surface area contributed by atoms with Crippen LogP contribution in [0.3, 0.4) is 0 Å². The van der Waals surface area contributed by atoms with E-state index < -0.39 is 0 Å². The number of hydrogen-bond donors (Lipinski definition) is 1. The van der Waals surface area contributed by atoms with E-state index in [0.29, 0.717) is 6.04 Å². The summed E-state index contributed by atoms with van der Waals surface area (Å²) in [4.78, 5) is 4.31. The second-order valence-electron chi connectivity index (χ2n) is 4.93. The zero-order chi connectivity index (χ0) is 12.7. The van der Waals surface area contributed by atoms with Gasteiger partial charge in [-0.2, -0.15) is 0 Å². The normalized spacial score (nSPS) is 15.2. The highest BCUT2D eigenvalue weighted by molar-refractivity contribution is 5.92. The second kappa shape index (κ2) is 4.24. The molecule has 19 heavy (non-hydrogen) atoms. The molecule has 4 nitrogen and oxygen atoms in total. The summed E-state index contributed by atoms with van der Waals surface area (Å²) in [6.07, 6.45) is 5.77. The van der Waals surface area contributed by atoms with Gasteiger partial charge in [0.05, 0.1) is 5.56 Å². The van der Waals surface area contributed by atoms with Gasteiger partial charge in [-0.25, -0.2) is 4.98 Å². The highest BCUT2D eigenvalue weighted by Crippen LogP contribution is 2.32. The predicted octanol–water partition coefficient (Wildman–Crippen LogP) is 3.34. The Balaban J connectivity index is 1.72. The number of hydrogen-bond acceptors (Lipinski definition) is 4. The van der Waals surface area contributed by atoms with Crippen LogP contribution in [0.4, 0.5) is 0 Å². The van der Waals surface area contributed by atoms with Crippen molar-refractivity contribution in [3.63, 3.8) is 0 Å². The van der Waals surface area contributed by atoms with Crippen molar-refractivity contribution < 1.29 is 8.83 Å². The fourth-order valence-electron chi connectivity index (χ4n) is 2.30. The van der Waals surface area contributed by atoms with Gasteiger partial charge in [0.15, 0.2) is 12.2 Å². The van der Waals surface area contributed by atoms with Crippen LogP contribution in [0, 0.1) is 0 Å². The molecule has 1 aliphatic carbocycles. The third-order valence-electron chi connectivity index (χ3n) is 3.50. The van der Waals surface area contributed by atoms with Crippen LogP contribution >= 0.6 is 0 Å². The lowest BCUT2D eigenvalue weighted by molar-refractivity contribution is 0.565. The maximum absolute atomic E-state index is 5.56. The lowest BCUT2D eigenvalue weighted by Gasteiger charge is -2.01. The Hall–Kier alpha value is -2.07. The number of aromatic nitrogens is 1. The quantitative estimate of drug-likeness (QED) is 0.775. The van der Waals surface area contributed by atoms with Gasteiger partial charge in [-0.1, -0.05) is 18.2 Å². The lowest BCUT2D eigenvalue weighted by atomic mass is 10.1. The van der Waals surface area contributed by atoms with Crippen molar-refractivity contribution in [2.45, 2.75) is 25.4 Å². The SMILES string of the molecule is c1ccc2c(-c3ocnc3CNC3CC3)coc2c1. The fourth-order valence-corrected chi connectivity index (χ4v) is 2.30. The van der Waals surface area contributed by atoms with Gasteiger partial charge >= 0.3 is 0 Å². The Labute approximate surface area is 110 Å². The van der Waals surface area contributed by atoms with Crippen molar-refractivity contribution >= 4 is 11.0 Å². The Morgan fingerprint density at radius 3 is 3.00 bits per heavy atom. The number of rotatable bonds is 4. The number of nitrogens with one attached hydrogen (secondary N) is 1. The maximum atomic E-state index is 5.56. The molecular weight excluding hydrogens is 240 g/mol. The number of oxazole rings is 1. The van der Waals surface area contributed by atoms with Crippen LogP contribution in [0.5, 0.6) is 0 Å². The smallest absolute Gasteiger partial charge is 0.181 e. The molecule has 1 aromatic carbocycles. The lowest BCUT2D eigenvalue weighted by Crippen LogP contribution is -2.15. The van der Waals surface area contributed by atoms with Crippen LogP contribution in [0.2, 0.25) is 0 Å². The summed E-state index contributed by atoms with van der Waals surface area (Å²) in [6.45, 7) is 0.746. The predicted molar refractivity (Wildman–Crippen MR) is 71.6 cm³/mol. The molecule has 1 saturated carbocycles. The van der Waals surface area contributed by atoms with Crippen molar-refractivity contribution in [2.75, 3.05) is 0 Å². The monoisotopic (exact) mass is 254 g/mol. The summed E-state index contributed by atoms with van der Waals surface area (Å²) in [5.74, 6) is 0.804. The van der Waals surface area contributed by atoms with Crippen molar-refractivity contribution in [2.24, 2.45) is 0 Å². The number of nitrogens with zero attached hydrogens (tertiary/aromatic N) is 1. The molecule has 2 aromatic heterocycles. The first-order chi connectivity index (χ1) is 9.42. The number of benzene rings is 1. The van der Waals surface area contributed by atoms with E-state index in [1.165, 1.54) is 19.2 Å². The summed E-state index contributed by atoms with van der Waals surface area (Å²) in [5.41, 5.74) is 2.79. The van der Waals surface area contributed by atoms with Crippen LogP contribution in [0.15, 0.2) is 45.8 Å². The molecule has 4 heteroatoms. The number of fused-ring (bicyclic) bond motifs is 1. The molecule has 4 rings (SSSR count). The van der Waals surface area contributed by atoms with E-state index in [9.17, 15) is 0 Å². The molecule has 0 radical (unpaired) electrons. The molecular formula is C15H14N2O2. The molecule has 1 aliphatic rings. The molecule has 0 aliphatic heterocycles. The van der Waals surface area contributed by atoms with Crippen molar-refractivity contribution in [1.29, 1.82) is 0 Å². The first-order valence-corrected chi connectivity index (χ1v) is 6.54. The van der Waals surface area contributed by atoms with Crippen molar-refractivity contribution in [1.82, 2.24) is 10.3 Å². The minimum atomic E-state index is 0.658. The van der Waals surface area contributed by atoms with E-state index in [-0.39, 0.29) is 0 Å². The van der Waals surface area contributed by atoms with Crippen LogP contribution in [0.1, 0.15) is 18.5 Å². The Morgan fingerprint density at radius 1 is 1.21 bits per heavy atom. The minimum absolute atomic E-state index is 0.658. The summed E-state index contributed by atoms with van der Waals surface area (Å²) in [6, 6.07) is 8.61. The Kier molecular flexibility index (Phi) is 2.42. The van der Waals surface area contributed by atoms with Gasteiger partial charge in [-0.15, -0.1) is 0 Å². The first-order valence-electron chi connectivity index (χ1n) is 6.54. The Bertz CT molecular complexity index is 710. The van der Waals surface area contributed by atoms with Gasteiger partial charge in [0.1, 0.15) is 17.5 Å². The number of furan rings is 1. The standard InChI is InChI=1S/C15H14N2O2/c1-2-4-14-11(3-1)12(8-18-14)15-13(17-9-19-15)7-16-10-5-6-10/h1-4,8-10,16H,5-7H2. The van der Waals surface area contributed by atoms with E-state index in [4.69, 9.17) is 8.83 Å². The molecule has 1 N–H and O–H groups in total. The highest BCUT2D eigenvalue weighted by atomic mass is 16.3. The molecule has 96 valence electrons. The third kappa shape index (κ3) is 1.94. The largest absolute Gasteiger partial charge is 0.464 e.